The summed E-state index contributed by atoms with van der Waals surface area (Å²) in [4.78, 5) is 17.7. The van der Waals surface area contributed by atoms with Crippen molar-refractivity contribution in [2.75, 3.05) is 31.1 Å². The molecule has 1 heterocycles. The molecule has 0 bridgehead atoms. The van der Waals surface area contributed by atoms with Crippen LogP contribution in [0.2, 0.25) is 0 Å². The van der Waals surface area contributed by atoms with Gasteiger partial charge in [-0.15, -0.1) is 12.4 Å². The van der Waals surface area contributed by atoms with Crippen molar-refractivity contribution < 1.29 is 9.53 Å². The first-order valence-corrected chi connectivity index (χ1v) is 11.1. The fraction of sp³-hybridized carbons (Fsp3) is 0.296. The maximum atomic E-state index is 13.2. The van der Waals surface area contributed by atoms with E-state index in [2.05, 4.69) is 35.2 Å². The number of carbonyl (C=O) groups is 1. The molecule has 168 valence electrons. The summed E-state index contributed by atoms with van der Waals surface area (Å²) in [5.74, 6) is 0.734. The normalized spacial score (nSPS) is 14.4. The lowest BCUT2D eigenvalue weighted by atomic mass is 10.0. The van der Waals surface area contributed by atoms with E-state index in [-0.39, 0.29) is 31.0 Å². The lowest BCUT2D eigenvalue weighted by Gasteiger charge is -2.38. The van der Waals surface area contributed by atoms with Crippen molar-refractivity contribution in [2.24, 2.45) is 0 Å². The molecular formula is C27H31ClN2O2. The first kappa shape index (κ1) is 23.8. The number of ether oxygens (including phenoxy) is 1. The van der Waals surface area contributed by atoms with Crippen molar-refractivity contribution in [3.8, 4) is 5.75 Å². The average molecular weight is 451 g/mol. The number of amides is 1. The van der Waals surface area contributed by atoms with E-state index in [1.165, 1.54) is 5.56 Å². The lowest BCUT2D eigenvalue weighted by Crippen LogP contribution is -2.49. The van der Waals surface area contributed by atoms with Crippen molar-refractivity contribution in [3.05, 3.63) is 96.6 Å². The molecule has 1 aliphatic rings. The van der Waals surface area contributed by atoms with Crippen LogP contribution in [-0.2, 0) is 11.2 Å². The van der Waals surface area contributed by atoms with Crippen LogP contribution in [0.3, 0.4) is 0 Å². The molecule has 1 amide bonds. The number of benzene rings is 3. The van der Waals surface area contributed by atoms with Crippen molar-refractivity contribution >= 4 is 24.0 Å². The van der Waals surface area contributed by atoms with Crippen LogP contribution < -0.4 is 9.64 Å². The van der Waals surface area contributed by atoms with Crippen molar-refractivity contribution in [3.63, 3.8) is 0 Å². The maximum absolute atomic E-state index is 13.2. The van der Waals surface area contributed by atoms with Gasteiger partial charge in [0.1, 0.15) is 5.75 Å². The predicted molar refractivity (Wildman–Crippen MR) is 133 cm³/mol. The van der Waals surface area contributed by atoms with Crippen LogP contribution in [0.1, 0.15) is 18.4 Å². The molecular weight excluding hydrogens is 420 g/mol. The number of piperidine rings is 1. The molecule has 4 nitrogen and oxygen atoms in total. The second kappa shape index (κ2) is 12.3. The summed E-state index contributed by atoms with van der Waals surface area (Å²) >= 11 is 0. The molecule has 0 N–H and O–H groups in total. The van der Waals surface area contributed by atoms with Gasteiger partial charge >= 0.3 is 0 Å². The summed E-state index contributed by atoms with van der Waals surface area (Å²) in [6, 6.07) is 30.4. The summed E-state index contributed by atoms with van der Waals surface area (Å²) < 4.78 is 5.77. The SMILES string of the molecule is Cl.O=C(COc1ccccc1)N(c1ccccc1)C1CCN(CCc2ccccc2)CC1. The van der Waals surface area contributed by atoms with Gasteiger partial charge in [0.15, 0.2) is 6.61 Å². The number of carbonyl (C=O) groups excluding carboxylic acids is 1. The Morgan fingerprint density at radius 2 is 1.41 bits per heavy atom. The molecule has 0 atom stereocenters. The zero-order valence-electron chi connectivity index (χ0n) is 18.3. The van der Waals surface area contributed by atoms with E-state index in [9.17, 15) is 4.79 Å². The van der Waals surface area contributed by atoms with E-state index in [0.29, 0.717) is 0 Å². The van der Waals surface area contributed by atoms with Crippen LogP contribution in [0.5, 0.6) is 5.75 Å². The molecule has 1 fully saturated rings. The van der Waals surface area contributed by atoms with Crippen LogP contribution in [0.4, 0.5) is 5.69 Å². The zero-order valence-corrected chi connectivity index (χ0v) is 19.1. The van der Waals surface area contributed by atoms with Gasteiger partial charge in [0.25, 0.3) is 5.91 Å². The van der Waals surface area contributed by atoms with E-state index >= 15 is 0 Å². The second-order valence-corrected chi connectivity index (χ2v) is 8.01. The number of rotatable bonds is 8. The third-order valence-corrected chi connectivity index (χ3v) is 5.89. The van der Waals surface area contributed by atoms with E-state index in [4.69, 9.17) is 4.74 Å². The van der Waals surface area contributed by atoms with Crippen molar-refractivity contribution in [1.82, 2.24) is 4.90 Å². The van der Waals surface area contributed by atoms with E-state index in [1.807, 2.05) is 65.6 Å². The van der Waals surface area contributed by atoms with Gasteiger partial charge in [-0.25, -0.2) is 0 Å². The average Bonchev–Trinajstić information content (AvgIpc) is 2.84. The number of anilines is 1. The smallest absolute Gasteiger partial charge is 0.265 e. The Morgan fingerprint density at radius 1 is 0.844 bits per heavy atom. The fourth-order valence-corrected chi connectivity index (χ4v) is 4.21. The molecule has 1 aliphatic heterocycles. The minimum Gasteiger partial charge on any atom is -0.484 e. The molecule has 0 spiro atoms. The van der Waals surface area contributed by atoms with Crippen LogP contribution in [-0.4, -0.2) is 43.1 Å². The largest absolute Gasteiger partial charge is 0.484 e. The number of hydrogen-bond donors (Lipinski definition) is 0. The highest BCUT2D eigenvalue weighted by atomic mass is 35.5. The number of nitrogens with zero attached hydrogens (tertiary/aromatic N) is 2. The Bertz CT molecular complexity index is 930. The van der Waals surface area contributed by atoms with Gasteiger partial charge in [0.05, 0.1) is 0 Å². The van der Waals surface area contributed by atoms with Crippen LogP contribution >= 0.6 is 12.4 Å². The molecule has 32 heavy (non-hydrogen) atoms. The maximum Gasteiger partial charge on any atom is 0.265 e. The van der Waals surface area contributed by atoms with Crippen LogP contribution in [0.15, 0.2) is 91.0 Å². The third kappa shape index (κ3) is 6.59. The Hall–Kier alpha value is -2.82. The molecule has 3 aromatic carbocycles. The van der Waals surface area contributed by atoms with E-state index in [1.54, 1.807) is 0 Å². The highest BCUT2D eigenvalue weighted by molar-refractivity contribution is 5.95. The summed E-state index contributed by atoms with van der Waals surface area (Å²) in [5, 5.41) is 0. The number of likely N-dealkylation sites (tertiary alicyclic amines) is 1. The molecule has 5 heteroatoms. The molecule has 4 rings (SSSR count). The number of halogens is 1. The molecule has 0 aliphatic carbocycles. The fourth-order valence-electron chi connectivity index (χ4n) is 4.21. The van der Waals surface area contributed by atoms with Gasteiger partial charge in [0.2, 0.25) is 0 Å². The molecule has 0 radical (unpaired) electrons. The molecule has 0 unspecified atom stereocenters. The Balaban J connectivity index is 0.00000289. The Morgan fingerprint density at radius 3 is 2.03 bits per heavy atom. The summed E-state index contributed by atoms with van der Waals surface area (Å²) in [7, 11) is 0. The molecule has 0 aromatic heterocycles. The van der Waals surface area contributed by atoms with Gasteiger partial charge in [0, 0.05) is 31.4 Å². The van der Waals surface area contributed by atoms with E-state index < -0.39 is 0 Å². The predicted octanol–water partition coefficient (Wildman–Crippen LogP) is 5.23. The molecule has 1 saturated heterocycles. The summed E-state index contributed by atoms with van der Waals surface area (Å²) in [6.07, 6.45) is 3.01. The minimum absolute atomic E-state index is 0. The van der Waals surface area contributed by atoms with Gasteiger partial charge in [-0.3, -0.25) is 4.79 Å². The van der Waals surface area contributed by atoms with Gasteiger partial charge < -0.3 is 14.5 Å². The Kier molecular flexibility index (Phi) is 9.14. The monoisotopic (exact) mass is 450 g/mol. The Labute approximate surface area is 197 Å². The topological polar surface area (TPSA) is 32.8 Å². The standard InChI is InChI=1S/C27H30N2O2.ClH/c30-27(22-31-26-14-8-3-9-15-26)29(24-12-6-2-7-13-24)25-17-20-28(21-18-25)19-16-23-10-4-1-5-11-23;/h1-15,25H,16-22H2;1H. The quantitative estimate of drug-likeness (QED) is 0.471. The highest BCUT2D eigenvalue weighted by Crippen LogP contribution is 2.24. The van der Waals surface area contributed by atoms with Gasteiger partial charge in [-0.05, 0) is 49.1 Å². The molecule has 0 saturated carbocycles. The van der Waals surface area contributed by atoms with E-state index in [0.717, 1.165) is 50.3 Å². The highest BCUT2D eigenvalue weighted by Gasteiger charge is 2.29. The second-order valence-electron chi connectivity index (χ2n) is 8.01. The van der Waals surface area contributed by atoms with Crippen LogP contribution in [0, 0.1) is 0 Å². The third-order valence-electron chi connectivity index (χ3n) is 5.89. The number of para-hydroxylation sites is 2. The number of hydrogen-bond acceptors (Lipinski definition) is 3. The van der Waals surface area contributed by atoms with Gasteiger partial charge in [-0.1, -0.05) is 66.7 Å². The summed E-state index contributed by atoms with van der Waals surface area (Å²) in [5.41, 5.74) is 2.33. The molecule has 3 aromatic rings. The summed E-state index contributed by atoms with van der Waals surface area (Å²) in [6.45, 7) is 3.13. The zero-order chi connectivity index (χ0) is 21.3. The van der Waals surface area contributed by atoms with Gasteiger partial charge in [-0.2, -0.15) is 0 Å². The van der Waals surface area contributed by atoms with Crippen LogP contribution in [0.25, 0.3) is 0 Å². The first-order valence-electron chi connectivity index (χ1n) is 11.1. The van der Waals surface area contributed by atoms with Crippen molar-refractivity contribution in [1.29, 1.82) is 0 Å². The first-order chi connectivity index (χ1) is 15.3. The minimum atomic E-state index is 0. The van der Waals surface area contributed by atoms with Crippen molar-refractivity contribution in [2.45, 2.75) is 25.3 Å². The lowest BCUT2D eigenvalue weighted by molar-refractivity contribution is -0.121.